The molecule has 17 nitrogen and oxygen atoms in total. The minimum Gasteiger partial charge on any atom is -0.488 e. The highest BCUT2D eigenvalue weighted by atomic mass is 16.6. The molecule has 1 atom stereocenters. The van der Waals surface area contributed by atoms with Crippen molar-refractivity contribution in [1.29, 1.82) is 0 Å². The van der Waals surface area contributed by atoms with Crippen molar-refractivity contribution in [3.63, 3.8) is 0 Å². The number of aromatic nitrogens is 4. The summed E-state index contributed by atoms with van der Waals surface area (Å²) >= 11 is 0. The summed E-state index contributed by atoms with van der Waals surface area (Å²) in [6, 6.07) is 13.1. The Morgan fingerprint density at radius 1 is 0.869 bits per heavy atom. The number of nitrogens with one attached hydrogen (secondary N) is 2. The lowest BCUT2D eigenvalue weighted by Gasteiger charge is -2.35. The summed E-state index contributed by atoms with van der Waals surface area (Å²) < 4.78 is 28.8. The summed E-state index contributed by atoms with van der Waals surface area (Å²) in [5, 5.41) is 11.0. The molecule has 17 heteroatoms. The van der Waals surface area contributed by atoms with E-state index in [1.807, 2.05) is 47.4 Å². The Hall–Kier alpha value is -5.49. The molecular formula is C44H54N8O9. The van der Waals surface area contributed by atoms with E-state index in [-0.39, 0.29) is 29.7 Å². The average molecular weight is 839 g/mol. The molecule has 4 amide bonds. The Kier molecular flexibility index (Phi) is 13.5. The minimum absolute atomic E-state index is 0.0673. The standard InChI is InChI=1S/C44H54N8O9/c1-44(12-13-44)61-32-7-8-34-33(26-32)41(49-48-34)35-27-37(46-29-45-35)50-14-16-51(17-15-50)39(54)11-19-58-21-23-60-25-24-59-22-20-57-18-3-6-30-4-2-5-31-28-52(43(56)40(30)31)36-9-10-38(53)47-42(36)55/h2,4-5,7-8,26-27,29,36H,3,6,9-25,28H2,1H3,(H,48,49)(H,47,53,55). The molecule has 8 rings (SSSR count). The Bertz CT molecular complexity index is 2200. The number of hydrogen-bond acceptors (Lipinski definition) is 13. The van der Waals surface area contributed by atoms with E-state index < -0.39 is 11.9 Å². The number of aryl methyl sites for hydroxylation is 1. The molecule has 5 heterocycles. The summed E-state index contributed by atoms with van der Waals surface area (Å²) in [4.78, 5) is 64.8. The second-order valence-corrected chi connectivity index (χ2v) is 16.1. The molecule has 4 aliphatic rings. The van der Waals surface area contributed by atoms with Gasteiger partial charge in [-0.25, -0.2) is 9.97 Å². The highest BCUT2D eigenvalue weighted by Crippen LogP contribution is 2.40. The molecule has 2 N–H and O–H groups in total. The molecule has 3 fully saturated rings. The number of hydrogen-bond donors (Lipinski definition) is 2. The van der Waals surface area contributed by atoms with Crippen molar-refractivity contribution in [2.75, 3.05) is 83.9 Å². The first-order valence-electron chi connectivity index (χ1n) is 21.3. The van der Waals surface area contributed by atoms with Crippen LogP contribution < -0.4 is 15.0 Å². The molecule has 1 aliphatic carbocycles. The second kappa shape index (κ2) is 19.5. The zero-order chi connectivity index (χ0) is 42.2. The van der Waals surface area contributed by atoms with Gasteiger partial charge in [0.1, 0.15) is 35.2 Å². The maximum Gasteiger partial charge on any atom is 0.255 e. The summed E-state index contributed by atoms with van der Waals surface area (Å²) in [6.07, 6.45) is 6.00. The van der Waals surface area contributed by atoms with Crippen molar-refractivity contribution in [3.8, 4) is 17.1 Å². The molecule has 0 radical (unpaired) electrons. The lowest BCUT2D eigenvalue weighted by molar-refractivity contribution is -0.137. The van der Waals surface area contributed by atoms with Crippen molar-refractivity contribution in [1.82, 2.24) is 35.3 Å². The number of fused-ring (bicyclic) bond motifs is 2. The molecule has 0 bridgehead atoms. The monoisotopic (exact) mass is 838 g/mol. The van der Waals surface area contributed by atoms with Crippen molar-refractivity contribution in [2.45, 2.75) is 70.1 Å². The van der Waals surface area contributed by atoms with Crippen LogP contribution in [0.4, 0.5) is 5.82 Å². The fraction of sp³-hybridized carbons (Fsp3) is 0.523. The van der Waals surface area contributed by atoms with Gasteiger partial charge < -0.3 is 38.4 Å². The molecule has 1 unspecified atom stereocenters. The van der Waals surface area contributed by atoms with Crippen molar-refractivity contribution in [2.24, 2.45) is 0 Å². The van der Waals surface area contributed by atoms with Crippen molar-refractivity contribution >= 4 is 40.3 Å². The van der Waals surface area contributed by atoms with E-state index >= 15 is 0 Å². The Balaban J connectivity index is 0.640. The van der Waals surface area contributed by atoms with Gasteiger partial charge in [0.25, 0.3) is 5.91 Å². The second-order valence-electron chi connectivity index (χ2n) is 16.1. The highest BCUT2D eigenvalue weighted by Gasteiger charge is 2.41. The van der Waals surface area contributed by atoms with E-state index in [0.717, 1.165) is 64.2 Å². The molecule has 4 aromatic rings. The van der Waals surface area contributed by atoms with E-state index in [0.29, 0.717) is 110 Å². The number of piperidine rings is 1. The van der Waals surface area contributed by atoms with E-state index in [1.165, 1.54) is 0 Å². The number of amides is 4. The molecule has 1 saturated carbocycles. The minimum atomic E-state index is -0.620. The number of nitrogens with zero attached hydrogens (tertiary/aromatic N) is 6. The first-order chi connectivity index (χ1) is 29.7. The van der Waals surface area contributed by atoms with Crippen molar-refractivity contribution in [3.05, 3.63) is 65.5 Å². The van der Waals surface area contributed by atoms with Crippen LogP contribution in [-0.4, -0.2) is 144 Å². The molecule has 2 saturated heterocycles. The molecule has 324 valence electrons. The maximum atomic E-state index is 13.3. The normalized spacial score (nSPS) is 18.5. The van der Waals surface area contributed by atoms with E-state index in [2.05, 4.69) is 37.3 Å². The van der Waals surface area contributed by atoms with Crippen LogP contribution >= 0.6 is 0 Å². The van der Waals surface area contributed by atoms with Crippen LogP contribution in [0.25, 0.3) is 22.3 Å². The molecular weight excluding hydrogens is 785 g/mol. The van der Waals surface area contributed by atoms with Crippen LogP contribution in [0.15, 0.2) is 48.8 Å². The Labute approximate surface area is 354 Å². The van der Waals surface area contributed by atoms with Crippen LogP contribution in [0, 0.1) is 0 Å². The number of imide groups is 1. The van der Waals surface area contributed by atoms with Crippen LogP contribution in [0.1, 0.15) is 66.9 Å². The van der Waals surface area contributed by atoms with E-state index in [4.69, 9.17) is 23.7 Å². The van der Waals surface area contributed by atoms with Gasteiger partial charge in [0.15, 0.2) is 0 Å². The predicted octanol–water partition coefficient (Wildman–Crippen LogP) is 3.45. The van der Waals surface area contributed by atoms with Gasteiger partial charge in [-0.2, -0.15) is 5.10 Å². The Morgan fingerprint density at radius 2 is 1.61 bits per heavy atom. The molecule has 0 spiro atoms. The zero-order valence-corrected chi connectivity index (χ0v) is 34.7. The number of anilines is 1. The maximum absolute atomic E-state index is 13.3. The number of benzene rings is 2. The highest BCUT2D eigenvalue weighted by molar-refractivity contribution is 6.06. The number of H-pyrrole nitrogens is 1. The topological polar surface area (TPSA) is 191 Å². The van der Waals surface area contributed by atoms with Crippen molar-refractivity contribution < 1.29 is 42.9 Å². The van der Waals surface area contributed by atoms with Gasteiger partial charge in [0.05, 0.1) is 63.9 Å². The van der Waals surface area contributed by atoms with Gasteiger partial charge in [-0.15, -0.1) is 0 Å². The largest absolute Gasteiger partial charge is 0.488 e. The number of piperazine rings is 1. The van der Waals surface area contributed by atoms with Crippen LogP contribution in [0.2, 0.25) is 0 Å². The van der Waals surface area contributed by atoms with Crippen LogP contribution in [0.5, 0.6) is 5.75 Å². The summed E-state index contributed by atoms with van der Waals surface area (Å²) in [7, 11) is 0. The number of carbonyl (C=O) groups excluding carboxylic acids is 4. The van der Waals surface area contributed by atoms with Crippen LogP contribution in [0.3, 0.4) is 0 Å². The Morgan fingerprint density at radius 3 is 2.34 bits per heavy atom. The van der Waals surface area contributed by atoms with Gasteiger partial charge >= 0.3 is 0 Å². The lowest BCUT2D eigenvalue weighted by atomic mass is 9.99. The third-order valence-electron chi connectivity index (χ3n) is 11.7. The molecule has 2 aromatic carbocycles. The van der Waals surface area contributed by atoms with Gasteiger partial charge in [-0.05, 0) is 68.4 Å². The number of carbonyl (C=O) groups is 4. The van der Waals surface area contributed by atoms with Gasteiger partial charge in [-0.1, -0.05) is 18.2 Å². The van der Waals surface area contributed by atoms with Gasteiger partial charge in [0.2, 0.25) is 17.7 Å². The quantitative estimate of drug-likeness (QED) is 0.0918. The first kappa shape index (κ1) is 42.2. The van der Waals surface area contributed by atoms with E-state index in [9.17, 15) is 19.2 Å². The number of ether oxygens (including phenoxy) is 5. The van der Waals surface area contributed by atoms with Gasteiger partial charge in [-0.3, -0.25) is 29.6 Å². The van der Waals surface area contributed by atoms with E-state index in [1.54, 1.807) is 11.2 Å². The molecule has 61 heavy (non-hydrogen) atoms. The SMILES string of the molecule is CC1(Oc2ccc3[nH]nc(-c4cc(N5CCN(C(=O)CCOCCOCCOCCOCCCc6cccc7c6C(=O)N(C6CCC(=O)NC6=O)C7)CC5)ncn4)c3c2)CC1. The lowest BCUT2D eigenvalue weighted by Crippen LogP contribution is -2.52. The average Bonchev–Trinajstić information content (AvgIpc) is 3.68. The number of aromatic amines is 1. The summed E-state index contributed by atoms with van der Waals surface area (Å²) in [5.41, 5.74) is 4.84. The van der Waals surface area contributed by atoms with Crippen LogP contribution in [-0.2, 0) is 46.3 Å². The van der Waals surface area contributed by atoms with Gasteiger partial charge in [0, 0.05) is 62.8 Å². The fourth-order valence-electron chi connectivity index (χ4n) is 7.99. The third kappa shape index (κ3) is 10.5. The molecule has 3 aliphatic heterocycles. The number of rotatable bonds is 21. The zero-order valence-electron chi connectivity index (χ0n) is 34.7. The molecule has 2 aromatic heterocycles. The fourth-order valence-corrected chi connectivity index (χ4v) is 7.99. The third-order valence-corrected chi connectivity index (χ3v) is 11.7. The summed E-state index contributed by atoms with van der Waals surface area (Å²) in [6.45, 7) is 8.44. The predicted molar refractivity (Wildman–Crippen MR) is 223 cm³/mol. The smallest absolute Gasteiger partial charge is 0.255 e. The summed E-state index contributed by atoms with van der Waals surface area (Å²) in [5.74, 6) is 0.842. The first-order valence-corrected chi connectivity index (χ1v) is 21.3.